The first-order chi connectivity index (χ1) is 15.8. The Balaban J connectivity index is 1.59. The standard InChI is InChI=1S/C20H24ClN7O5/c1-9-5-11(3-4-12(9)21)32-7-10(2)26-27-20-25-14-17(22)23-8-24-18(14)28(20)19-16(31)15(30)13(6-29)33-19/h3-5,8,13,15-16,19,29-31H,6-7H2,1-2H3,(H,25,27)(H2,22,23,24). The first-order valence-corrected chi connectivity index (χ1v) is 10.5. The molecular formula is C20H24ClN7O5. The quantitative estimate of drug-likeness (QED) is 0.242. The molecule has 0 amide bonds. The Labute approximate surface area is 193 Å². The van der Waals surface area contributed by atoms with Gasteiger partial charge in [-0.15, -0.1) is 0 Å². The predicted octanol–water partition coefficient (Wildman–Crippen LogP) is 0.849. The summed E-state index contributed by atoms with van der Waals surface area (Å²) < 4.78 is 12.8. The Hall–Kier alpha value is -3.03. The van der Waals surface area contributed by atoms with Crippen LogP contribution < -0.4 is 15.9 Å². The maximum Gasteiger partial charge on any atom is 0.228 e. The fourth-order valence-corrected chi connectivity index (χ4v) is 3.53. The molecule has 0 radical (unpaired) electrons. The van der Waals surface area contributed by atoms with Crippen molar-refractivity contribution in [2.75, 3.05) is 24.4 Å². The summed E-state index contributed by atoms with van der Waals surface area (Å²) in [4.78, 5) is 12.5. The fourth-order valence-electron chi connectivity index (χ4n) is 3.41. The molecule has 1 aromatic carbocycles. The van der Waals surface area contributed by atoms with Gasteiger partial charge in [-0.1, -0.05) is 11.6 Å². The zero-order valence-electron chi connectivity index (χ0n) is 17.9. The number of aliphatic hydroxyl groups excluding tert-OH is 3. The Kier molecular flexibility index (Phi) is 6.63. The molecule has 1 aliphatic rings. The summed E-state index contributed by atoms with van der Waals surface area (Å²) in [6, 6.07) is 5.34. The van der Waals surface area contributed by atoms with Crippen molar-refractivity contribution in [1.82, 2.24) is 19.5 Å². The first-order valence-electron chi connectivity index (χ1n) is 10.1. The van der Waals surface area contributed by atoms with Crippen molar-refractivity contribution in [2.24, 2.45) is 5.10 Å². The van der Waals surface area contributed by atoms with Crippen LogP contribution in [0.4, 0.5) is 11.8 Å². The summed E-state index contributed by atoms with van der Waals surface area (Å²) in [7, 11) is 0. The predicted molar refractivity (Wildman–Crippen MR) is 121 cm³/mol. The minimum Gasteiger partial charge on any atom is -0.488 e. The van der Waals surface area contributed by atoms with Gasteiger partial charge in [0.1, 0.15) is 37.0 Å². The van der Waals surface area contributed by atoms with Crippen LogP contribution in [0.15, 0.2) is 29.6 Å². The Morgan fingerprint density at radius 3 is 2.82 bits per heavy atom. The van der Waals surface area contributed by atoms with Crippen LogP contribution in [0.3, 0.4) is 0 Å². The van der Waals surface area contributed by atoms with Crippen molar-refractivity contribution >= 4 is 40.2 Å². The highest BCUT2D eigenvalue weighted by Gasteiger charge is 2.45. The number of rotatable bonds is 7. The lowest BCUT2D eigenvalue weighted by Gasteiger charge is -2.19. The summed E-state index contributed by atoms with van der Waals surface area (Å²) in [5.74, 6) is 0.915. The molecule has 1 fully saturated rings. The third kappa shape index (κ3) is 4.56. The van der Waals surface area contributed by atoms with E-state index in [9.17, 15) is 15.3 Å². The lowest BCUT2D eigenvalue weighted by atomic mass is 10.1. The van der Waals surface area contributed by atoms with Gasteiger partial charge in [0.05, 0.1) is 12.3 Å². The minimum atomic E-state index is -1.35. The Morgan fingerprint density at radius 2 is 2.12 bits per heavy atom. The highest BCUT2D eigenvalue weighted by molar-refractivity contribution is 6.31. The second-order valence-corrected chi connectivity index (χ2v) is 8.03. The smallest absolute Gasteiger partial charge is 0.228 e. The lowest BCUT2D eigenvalue weighted by Crippen LogP contribution is -2.33. The number of imidazole rings is 1. The highest BCUT2D eigenvalue weighted by atomic mass is 35.5. The summed E-state index contributed by atoms with van der Waals surface area (Å²) in [5.41, 5.74) is 10.8. The topological polar surface area (TPSA) is 173 Å². The molecule has 2 aromatic heterocycles. The minimum absolute atomic E-state index is 0.121. The number of nitrogens with zero attached hydrogens (tertiary/aromatic N) is 5. The molecule has 33 heavy (non-hydrogen) atoms. The van der Waals surface area contributed by atoms with Crippen molar-refractivity contribution in [2.45, 2.75) is 38.4 Å². The van der Waals surface area contributed by atoms with E-state index in [0.717, 1.165) is 5.56 Å². The van der Waals surface area contributed by atoms with Crippen LogP contribution in [0.2, 0.25) is 5.02 Å². The number of nitrogen functional groups attached to an aromatic ring is 1. The molecule has 176 valence electrons. The van der Waals surface area contributed by atoms with Gasteiger partial charge in [0.2, 0.25) is 5.95 Å². The van der Waals surface area contributed by atoms with Crippen molar-refractivity contribution in [1.29, 1.82) is 0 Å². The number of aliphatic hydroxyl groups is 3. The summed E-state index contributed by atoms with van der Waals surface area (Å²) in [5, 5.41) is 35.1. The third-order valence-corrected chi connectivity index (χ3v) is 5.62. The molecule has 4 atom stereocenters. The molecule has 3 aromatic rings. The number of nitrogens with two attached hydrogens (primary N) is 1. The monoisotopic (exact) mass is 477 g/mol. The van der Waals surface area contributed by atoms with Crippen LogP contribution in [-0.4, -0.2) is 72.1 Å². The van der Waals surface area contributed by atoms with Crippen LogP contribution in [0.5, 0.6) is 5.75 Å². The van der Waals surface area contributed by atoms with E-state index in [4.69, 9.17) is 26.8 Å². The number of hydrogen-bond acceptors (Lipinski definition) is 11. The molecule has 13 heteroatoms. The van der Waals surface area contributed by atoms with Gasteiger partial charge in [0.15, 0.2) is 23.2 Å². The van der Waals surface area contributed by atoms with Gasteiger partial charge in [-0.3, -0.25) is 4.57 Å². The largest absolute Gasteiger partial charge is 0.488 e. The van der Waals surface area contributed by atoms with E-state index in [0.29, 0.717) is 16.5 Å². The van der Waals surface area contributed by atoms with Gasteiger partial charge in [0, 0.05) is 5.02 Å². The van der Waals surface area contributed by atoms with Crippen LogP contribution in [0.25, 0.3) is 11.2 Å². The highest BCUT2D eigenvalue weighted by Crippen LogP contribution is 2.35. The maximum absolute atomic E-state index is 10.5. The molecule has 4 unspecified atom stereocenters. The van der Waals surface area contributed by atoms with E-state index in [-0.39, 0.29) is 29.5 Å². The van der Waals surface area contributed by atoms with Gasteiger partial charge < -0.3 is 30.5 Å². The zero-order chi connectivity index (χ0) is 23.7. The van der Waals surface area contributed by atoms with Gasteiger partial charge in [0.25, 0.3) is 0 Å². The number of hydrazone groups is 1. The van der Waals surface area contributed by atoms with E-state index in [2.05, 4.69) is 25.5 Å². The number of fused-ring (bicyclic) bond motifs is 1. The van der Waals surface area contributed by atoms with Crippen molar-refractivity contribution < 1.29 is 24.8 Å². The average Bonchev–Trinajstić information content (AvgIpc) is 3.31. The molecule has 0 saturated carbocycles. The first kappa shape index (κ1) is 23.1. The van der Waals surface area contributed by atoms with E-state index in [1.807, 2.05) is 13.0 Å². The fraction of sp³-hybridized carbons (Fsp3) is 0.400. The molecule has 1 aliphatic heterocycles. The van der Waals surface area contributed by atoms with E-state index >= 15 is 0 Å². The molecular weight excluding hydrogens is 454 g/mol. The number of nitrogens with one attached hydrogen (secondary N) is 1. The number of aromatic nitrogens is 4. The van der Waals surface area contributed by atoms with Crippen LogP contribution >= 0.6 is 11.6 Å². The lowest BCUT2D eigenvalue weighted by molar-refractivity contribution is -0.0501. The third-order valence-electron chi connectivity index (χ3n) is 5.20. The van der Waals surface area contributed by atoms with Crippen molar-refractivity contribution in [3.05, 3.63) is 35.1 Å². The number of ether oxygens (including phenoxy) is 2. The second kappa shape index (κ2) is 9.45. The van der Waals surface area contributed by atoms with Crippen LogP contribution in [-0.2, 0) is 4.74 Å². The zero-order valence-corrected chi connectivity index (χ0v) is 18.6. The number of anilines is 2. The SMILES string of the molecule is CC(COc1ccc(Cl)c(C)c1)=NNc1nc2c(N)ncnc2n1C1OC(CO)C(O)C1O. The van der Waals surface area contributed by atoms with E-state index < -0.39 is 31.1 Å². The van der Waals surface area contributed by atoms with Gasteiger partial charge in [-0.2, -0.15) is 5.10 Å². The van der Waals surface area contributed by atoms with E-state index in [1.54, 1.807) is 19.1 Å². The van der Waals surface area contributed by atoms with Crippen LogP contribution in [0.1, 0.15) is 18.7 Å². The Bertz CT molecular complexity index is 1190. The average molecular weight is 478 g/mol. The molecule has 12 nitrogen and oxygen atoms in total. The van der Waals surface area contributed by atoms with Crippen molar-refractivity contribution in [3.63, 3.8) is 0 Å². The molecule has 0 spiro atoms. The molecule has 6 N–H and O–H groups in total. The number of aryl methyl sites for hydroxylation is 1. The van der Waals surface area contributed by atoms with Gasteiger partial charge >= 0.3 is 0 Å². The number of hydrogen-bond donors (Lipinski definition) is 5. The van der Waals surface area contributed by atoms with Crippen molar-refractivity contribution in [3.8, 4) is 5.75 Å². The summed E-state index contributed by atoms with van der Waals surface area (Å²) >= 11 is 6.04. The van der Waals surface area contributed by atoms with Gasteiger partial charge in [-0.25, -0.2) is 20.4 Å². The maximum atomic E-state index is 10.5. The molecule has 4 rings (SSSR count). The van der Waals surface area contributed by atoms with Gasteiger partial charge in [-0.05, 0) is 37.6 Å². The molecule has 3 heterocycles. The molecule has 1 saturated heterocycles. The normalized spacial score (nSPS) is 23.3. The summed E-state index contributed by atoms with van der Waals surface area (Å²) in [6.07, 6.45) is -3.47. The Morgan fingerprint density at radius 1 is 1.33 bits per heavy atom. The molecule has 0 aliphatic carbocycles. The summed E-state index contributed by atoms with van der Waals surface area (Å²) in [6.45, 7) is 3.35. The van der Waals surface area contributed by atoms with Crippen LogP contribution in [0, 0.1) is 6.92 Å². The molecule has 0 bridgehead atoms. The van der Waals surface area contributed by atoms with E-state index in [1.165, 1.54) is 10.9 Å². The number of benzene rings is 1. The second-order valence-electron chi connectivity index (χ2n) is 7.62. The number of halogens is 1.